The van der Waals surface area contributed by atoms with Crippen LogP contribution in [0, 0.1) is 0 Å². The molecule has 0 aliphatic rings. The molecule has 0 fully saturated rings. The van der Waals surface area contributed by atoms with E-state index in [1.807, 2.05) is 6.92 Å². The van der Waals surface area contributed by atoms with Gasteiger partial charge in [0.2, 0.25) is 0 Å². The second-order valence-corrected chi connectivity index (χ2v) is 4.57. The summed E-state index contributed by atoms with van der Waals surface area (Å²) in [4.78, 5) is 13.7. The van der Waals surface area contributed by atoms with Crippen LogP contribution in [0.4, 0.5) is 5.69 Å². The van der Waals surface area contributed by atoms with Crippen molar-refractivity contribution < 1.29 is 9.53 Å². The Morgan fingerprint density at radius 2 is 2.24 bits per heavy atom. The zero-order valence-corrected chi connectivity index (χ0v) is 11.7. The van der Waals surface area contributed by atoms with Gasteiger partial charge in [-0.25, -0.2) is 0 Å². The molecule has 0 bridgehead atoms. The maximum Gasteiger partial charge on any atom is 0.255 e. The molecular formula is C12H17BrN2O2. The van der Waals surface area contributed by atoms with E-state index in [2.05, 4.69) is 15.9 Å². The number of halogens is 1. The highest BCUT2D eigenvalue weighted by atomic mass is 79.9. The quantitative estimate of drug-likeness (QED) is 0.669. The third-order valence-corrected chi connectivity index (χ3v) is 2.86. The van der Waals surface area contributed by atoms with Crippen molar-refractivity contribution in [3.05, 3.63) is 28.2 Å². The van der Waals surface area contributed by atoms with E-state index in [-0.39, 0.29) is 5.91 Å². The number of hydrogen-bond acceptors (Lipinski definition) is 3. The van der Waals surface area contributed by atoms with Crippen molar-refractivity contribution in [1.82, 2.24) is 4.90 Å². The minimum atomic E-state index is -0.0882. The van der Waals surface area contributed by atoms with Crippen LogP contribution in [0.3, 0.4) is 0 Å². The van der Waals surface area contributed by atoms with Gasteiger partial charge in [0.05, 0.1) is 12.2 Å². The van der Waals surface area contributed by atoms with Crippen molar-refractivity contribution in [3.63, 3.8) is 0 Å². The Hall–Kier alpha value is -1.07. The number of rotatable bonds is 5. The molecule has 0 aromatic heterocycles. The number of benzene rings is 1. The average molecular weight is 301 g/mol. The molecular weight excluding hydrogens is 284 g/mol. The van der Waals surface area contributed by atoms with Gasteiger partial charge in [-0.1, -0.05) is 15.9 Å². The summed E-state index contributed by atoms with van der Waals surface area (Å²) in [7, 11) is 1.74. The van der Waals surface area contributed by atoms with E-state index < -0.39 is 0 Å². The van der Waals surface area contributed by atoms with Gasteiger partial charge in [-0.2, -0.15) is 0 Å². The molecule has 1 amide bonds. The van der Waals surface area contributed by atoms with E-state index in [4.69, 9.17) is 10.5 Å². The smallest absolute Gasteiger partial charge is 0.255 e. The monoisotopic (exact) mass is 300 g/mol. The summed E-state index contributed by atoms with van der Waals surface area (Å²) in [6.07, 6.45) is 0. The number of amides is 1. The molecule has 94 valence electrons. The topological polar surface area (TPSA) is 55.6 Å². The predicted octanol–water partition coefficient (Wildman–Crippen LogP) is 2.14. The second kappa shape index (κ2) is 6.61. The van der Waals surface area contributed by atoms with Gasteiger partial charge in [-0.15, -0.1) is 0 Å². The summed E-state index contributed by atoms with van der Waals surface area (Å²) in [6, 6.07) is 5.25. The van der Waals surface area contributed by atoms with Gasteiger partial charge in [0, 0.05) is 30.4 Å². The fourth-order valence-electron chi connectivity index (χ4n) is 1.38. The highest BCUT2D eigenvalue weighted by Gasteiger charge is 2.14. The number of ether oxygens (including phenoxy) is 1. The SMILES string of the molecule is CCOCCN(C)C(=O)c1ccc(Br)cc1N. The number of nitrogen functional groups attached to an aromatic ring is 1. The zero-order chi connectivity index (χ0) is 12.8. The predicted molar refractivity (Wildman–Crippen MR) is 72.0 cm³/mol. The first-order valence-electron chi connectivity index (χ1n) is 5.44. The van der Waals surface area contributed by atoms with Gasteiger partial charge in [-0.3, -0.25) is 4.79 Å². The first-order valence-corrected chi connectivity index (χ1v) is 6.23. The third-order valence-electron chi connectivity index (χ3n) is 2.37. The Morgan fingerprint density at radius 3 is 2.82 bits per heavy atom. The van der Waals surface area contributed by atoms with Crippen LogP contribution >= 0.6 is 15.9 Å². The molecule has 0 aliphatic carbocycles. The van der Waals surface area contributed by atoms with Gasteiger partial charge >= 0.3 is 0 Å². The standard InChI is InChI=1S/C12H17BrN2O2/c1-3-17-7-6-15(2)12(16)10-5-4-9(13)8-11(10)14/h4-5,8H,3,6-7,14H2,1-2H3. The molecule has 0 heterocycles. The summed E-state index contributed by atoms with van der Waals surface area (Å²) in [5.74, 6) is -0.0882. The maximum atomic E-state index is 12.0. The Labute approximate surface area is 110 Å². The lowest BCUT2D eigenvalue weighted by Gasteiger charge is -2.18. The Morgan fingerprint density at radius 1 is 1.53 bits per heavy atom. The Balaban J connectivity index is 2.68. The molecule has 0 atom stereocenters. The maximum absolute atomic E-state index is 12.0. The molecule has 0 saturated heterocycles. The highest BCUT2D eigenvalue weighted by molar-refractivity contribution is 9.10. The first kappa shape index (κ1) is 14.0. The van der Waals surface area contributed by atoms with Crippen LogP contribution in [0.5, 0.6) is 0 Å². The number of nitrogens with zero attached hydrogens (tertiary/aromatic N) is 1. The first-order chi connectivity index (χ1) is 8.06. The minimum absolute atomic E-state index is 0.0882. The van der Waals surface area contributed by atoms with Gasteiger partial charge in [0.1, 0.15) is 0 Å². The fraction of sp³-hybridized carbons (Fsp3) is 0.417. The molecule has 5 heteroatoms. The highest BCUT2D eigenvalue weighted by Crippen LogP contribution is 2.19. The molecule has 0 saturated carbocycles. The van der Waals surface area contributed by atoms with Gasteiger partial charge < -0.3 is 15.4 Å². The Bertz CT molecular complexity index is 396. The van der Waals surface area contributed by atoms with Crippen LogP contribution in [0.2, 0.25) is 0 Å². The molecule has 1 aromatic carbocycles. The van der Waals surface area contributed by atoms with Crippen molar-refractivity contribution in [2.45, 2.75) is 6.92 Å². The van der Waals surface area contributed by atoms with E-state index in [1.54, 1.807) is 30.1 Å². The van der Waals surface area contributed by atoms with E-state index in [0.29, 0.717) is 31.0 Å². The van der Waals surface area contributed by atoms with Crippen LogP contribution in [0.1, 0.15) is 17.3 Å². The lowest BCUT2D eigenvalue weighted by molar-refractivity contribution is 0.0711. The normalized spacial score (nSPS) is 10.3. The summed E-state index contributed by atoms with van der Waals surface area (Å²) in [6.45, 7) is 3.67. The summed E-state index contributed by atoms with van der Waals surface area (Å²) >= 11 is 3.31. The molecule has 0 spiro atoms. The lowest BCUT2D eigenvalue weighted by atomic mass is 10.1. The number of hydrogen-bond donors (Lipinski definition) is 1. The van der Waals surface area contributed by atoms with Crippen LogP contribution in [-0.2, 0) is 4.74 Å². The van der Waals surface area contributed by atoms with Crippen LogP contribution < -0.4 is 5.73 Å². The van der Waals surface area contributed by atoms with Crippen LogP contribution in [-0.4, -0.2) is 37.6 Å². The number of anilines is 1. The van der Waals surface area contributed by atoms with Crippen LogP contribution in [0.25, 0.3) is 0 Å². The third kappa shape index (κ3) is 4.02. The molecule has 1 aromatic rings. The van der Waals surface area contributed by atoms with Crippen molar-refractivity contribution in [2.24, 2.45) is 0 Å². The van der Waals surface area contributed by atoms with Gasteiger partial charge in [0.25, 0.3) is 5.91 Å². The molecule has 1 rings (SSSR count). The van der Waals surface area contributed by atoms with Crippen molar-refractivity contribution in [3.8, 4) is 0 Å². The Kier molecular flexibility index (Phi) is 5.44. The van der Waals surface area contributed by atoms with E-state index >= 15 is 0 Å². The summed E-state index contributed by atoms with van der Waals surface area (Å²) < 4.78 is 6.07. The van der Waals surface area contributed by atoms with Crippen molar-refractivity contribution >= 4 is 27.5 Å². The number of nitrogens with two attached hydrogens (primary N) is 1. The number of carbonyl (C=O) groups is 1. The lowest BCUT2D eigenvalue weighted by Crippen LogP contribution is -2.30. The van der Waals surface area contributed by atoms with Gasteiger partial charge in [0.15, 0.2) is 0 Å². The minimum Gasteiger partial charge on any atom is -0.398 e. The fourth-order valence-corrected chi connectivity index (χ4v) is 1.76. The van der Waals surface area contributed by atoms with E-state index in [1.165, 1.54) is 0 Å². The largest absolute Gasteiger partial charge is 0.398 e. The van der Waals surface area contributed by atoms with E-state index in [9.17, 15) is 4.79 Å². The molecule has 0 radical (unpaired) electrons. The van der Waals surface area contributed by atoms with Crippen molar-refractivity contribution in [2.75, 3.05) is 32.5 Å². The molecule has 0 aliphatic heterocycles. The molecule has 17 heavy (non-hydrogen) atoms. The summed E-state index contributed by atoms with van der Waals surface area (Å²) in [5.41, 5.74) is 6.81. The average Bonchev–Trinajstić information content (AvgIpc) is 2.28. The number of carbonyl (C=O) groups excluding carboxylic acids is 1. The zero-order valence-electron chi connectivity index (χ0n) is 10.1. The van der Waals surface area contributed by atoms with Gasteiger partial charge in [-0.05, 0) is 25.1 Å². The summed E-state index contributed by atoms with van der Waals surface area (Å²) in [5, 5.41) is 0. The van der Waals surface area contributed by atoms with Crippen LogP contribution in [0.15, 0.2) is 22.7 Å². The molecule has 0 unspecified atom stereocenters. The molecule has 2 N–H and O–H groups in total. The van der Waals surface area contributed by atoms with E-state index in [0.717, 1.165) is 4.47 Å². The number of likely N-dealkylation sites (N-methyl/N-ethyl adjacent to an activating group) is 1. The van der Waals surface area contributed by atoms with Crippen molar-refractivity contribution in [1.29, 1.82) is 0 Å². The second-order valence-electron chi connectivity index (χ2n) is 3.66. The molecule has 4 nitrogen and oxygen atoms in total.